The Labute approximate surface area is 549 Å². The highest BCUT2D eigenvalue weighted by atomic mass is 79.9. The van der Waals surface area contributed by atoms with E-state index in [4.69, 9.17) is 27.9 Å². The molecule has 444 valence electrons. The summed E-state index contributed by atoms with van der Waals surface area (Å²) in [5.74, 6) is 0. The fraction of sp³-hybridized carbons (Fsp3) is 0.375. The fourth-order valence-corrected chi connectivity index (χ4v) is 14.6. The summed E-state index contributed by atoms with van der Waals surface area (Å²) >= 11 is 24.4. The number of fused-ring (bicyclic) bond motifs is 6. The van der Waals surface area contributed by atoms with Gasteiger partial charge >= 0.3 is 21.1 Å². The van der Waals surface area contributed by atoms with E-state index in [2.05, 4.69) is 271 Å². The summed E-state index contributed by atoms with van der Waals surface area (Å²) in [6.07, 6.45) is 0. The molecular formula is C64H72B3BrN2O6S9. The van der Waals surface area contributed by atoms with Gasteiger partial charge in [-0.25, -0.2) is 0 Å². The minimum absolute atomic E-state index is 0.0210. The molecule has 0 atom stereocenters. The summed E-state index contributed by atoms with van der Waals surface area (Å²) in [6, 6.07) is 52.3. The summed E-state index contributed by atoms with van der Waals surface area (Å²) in [7, 11) is 1.87. The number of nitrogens with zero attached hydrogens (tertiary/aromatic N) is 2. The van der Waals surface area contributed by atoms with E-state index in [1.54, 1.807) is 0 Å². The molecule has 0 aliphatic carbocycles. The molecule has 2 aromatic heterocycles. The van der Waals surface area contributed by atoms with Crippen LogP contribution in [0.4, 0.5) is 32.8 Å². The van der Waals surface area contributed by atoms with Crippen LogP contribution in [-0.4, -0.2) is 54.7 Å². The van der Waals surface area contributed by atoms with Crippen molar-refractivity contribution in [3.05, 3.63) is 172 Å². The molecule has 3 fully saturated rings. The average molecular weight is 1370 g/mol. The van der Waals surface area contributed by atoms with E-state index in [1.165, 1.54) is 92.4 Å². The highest BCUT2D eigenvalue weighted by Crippen LogP contribution is 2.57. The van der Waals surface area contributed by atoms with Crippen molar-refractivity contribution in [2.24, 2.45) is 0 Å². The van der Waals surface area contributed by atoms with Crippen LogP contribution in [0.1, 0.15) is 133 Å². The monoisotopic (exact) mass is 1360 g/mol. The highest BCUT2D eigenvalue weighted by Gasteiger charge is 2.64. The SMILES string of the molecule is CC1(C)OB(B2OC(C)(C)C(C)(C)O2)OC1(C)C.CC1(C)c2ccccc2N(c2sc3ccccc3c2B2OC(C)(C)C(C)(C)O2)c2ccccc21.CC1(C)c2ccccc2N(c2sc3ccccc3c2Br)c2ccccc21.S=S=S.S=S=S=S. The van der Waals surface area contributed by atoms with Gasteiger partial charge in [0, 0.05) is 102 Å². The minimum atomic E-state index is -0.476. The molecule has 5 aliphatic rings. The number of rotatable bonds is 4. The maximum atomic E-state index is 6.62. The molecule has 0 spiro atoms. The van der Waals surface area contributed by atoms with Crippen LogP contribution >= 0.6 is 38.6 Å². The molecule has 6 aromatic carbocycles. The number of anilines is 6. The van der Waals surface area contributed by atoms with Gasteiger partial charge < -0.3 is 37.7 Å². The quantitative estimate of drug-likeness (QED) is 0.158. The molecular weight excluding hydrogens is 1290 g/mol. The molecule has 21 heteroatoms. The Morgan fingerprint density at radius 1 is 0.376 bits per heavy atom. The first kappa shape index (κ1) is 66.2. The molecule has 0 radical (unpaired) electrons. The Morgan fingerprint density at radius 2 is 0.647 bits per heavy atom. The third-order valence-electron chi connectivity index (χ3n) is 18.1. The minimum Gasteiger partial charge on any atom is -0.405 e. The van der Waals surface area contributed by atoms with Crippen LogP contribution < -0.4 is 15.3 Å². The van der Waals surface area contributed by atoms with Gasteiger partial charge in [0.05, 0.1) is 60.8 Å². The van der Waals surface area contributed by atoms with Crippen LogP contribution in [0.2, 0.25) is 0 Å². The zero-order valence-corrected chi connectivity index (χ0v) is 59.9. The van der Waals surface area contributed by atoms with Crippen LogP contribution in [0.5, 0.6) is 0 Å². The van der Waals surface area contributed by atoms with Gasteiger partial charge in [-0.05, 0) is 163 Å². The molecule has 0 bridgehead atoms. The van der Waals surface area contributed by atoms with Gasteiger partial charge in [0.1, 0.15) is 10.0 Å². The van der Waals surface area contributed by atoms with Crippen molar-refractivity contribution >= 4 is 190 Å². The van der Waals surface area contributed by atoms with Crippen LogP contribution in [0.25, 0.3) is 20.2 Å². The van der Waals surface area contributed by atoms with Crippen LogP contribution in [0, 0.1) is 0 Å². The van der Waals surface area contributed by atoms with Crippen molar-refractivity contribution in [3.63, 3.8) is 0 Å². The molecule has 5 aliphatic heterocycles. The average Bonchev–Trinajstić information content (AvgIpc) is 1.76. The lowest BCUT2D eigenvalue weighted by Gasteiger charge is -2.41. The topological polar surface area (TPSA) is 61.9 Å². The maximum absolute atomic E-state index is 6.62. The molecule has 0 saturated carbocycles. The zero-order chi connectivity index (χ0) is 61.9. The third-order valence-corrected chi connectivity index (χ3v) is 23.7. The molecule has 0 amide bonds. The summed E-state index contributed by atoms with van der Waals surface area (Å²) in [5.41, 5.74) is 9.10. The second-order valence-electron chi connectivity index (χ2n) is 25.6. The third kappa shape index (κ3) is 12.4. The highest BCUT2D eigenvalue weighted by molar-refractivity contribution is 9.10. The van der Waals surface area contributed by atoms with Gasteiger partial charge in [-0.1, -0.05) is 137 Å². The van der Waals surface area contributed by atoms with Gasteiger partial charge in [-0.2, -0.15) is 0 Å². The van der Waals surface area contributed by atoms with Crippen molar-refractivity contribution in [2.75, 3.05) is 9.80 Å². The number of halogens is 1. The molecule has 85 heavy (non-hydrogen) atoms. The molecule has 0 unspecified atom stereocenters. The number of thiophene rings is 2. The Hall–Kier alpha value is -3.19. The van der Waals surface area contributed by atoms with Gasteiger partial charge in [-0.3, -0.25) is 0 Å². The van der Waals surface area contributed by atoms with Crippen molar-refractivity contribution in [1.82, 2.24) is 0 Å². The Bertz CT molecular complexity index is 3730. The van der Waals surface area contributed by atoms with E-state index in [0.717, 1.165) is 19.3 Å². The normalized spacial score (nSPS) is 19.7. The van der Waals surface area contributed by atoms with Crippen molar-refractivity contribution in [2.45, 2.75) is 155 Å². The largest absolute Gasteiger partial charge is 0.498 e. The van der Waals surface area contributed by atoms with E-state index in [9.17, 15) is 0 Å². The predicted molar refractivity (Wildman–Crippen MR) is 384 cm³/mol. The predicted octanol–water partition coefficient (Wildman–Crippen LogP) is 17.3. The number of para-hydroxylation sites is 4. The molecule has 13 rings (SSSR count). The first-order valence-electron chi connectivity index (χ1n) is 28.2. The molecule has 8 aromatic rings. The zero-order valence-electron chi connectivity index (χ0n) is 51.0. The number of hydrogen-bond acceptors (Lipinski definition) is 14. The number of hydrogen-bond donors (Lipinski definition) is 0. The second kappa shape index (κ2) is 25.2. The molecule has 8 nitrogen and oxygen atoms in total. The fourth-order valence-electron chi connectivity index (χ4n) is 11.3. The molecule has 7 heterocycles. The maximum Gasteiger partial charge on any atom is 0.498 e. The van der Waals surface area contributed by atoms with E-state index in [0.29, 0.717) is 0 Å². The summed E-state index contributed by atoms with van der Waals surface area (Å²) < 4.78 is 40.8. The second-order valence-corrected chi connectivity index (χ2v) is 33.7. The van der Waals surface area contributed by atoms with Crippen LogP contribution in [-0.2, 0) is 110 Å². The first-order chi connectivity index (χ1) is 39.9. The van der Waals surface area contributed by atoms with Crippen molar-refractivity contribution in [1.29, 1.82) is 0 Å². The lowest BCUT2D eigenvalue weighted by atomic mass is 9.49. The molecule has 0 N–H and O–H groups in total. The van der Waals surface area contributed by atoms with Gasteiger partial charge in [0.2, 0.25) is 0 Å². The summed E-state index contributed by atoms with van der Waals surface area (Å²) in [5, 5.41) is 4.87. The lowest BCUT2D eigenvalue weighted by Crippen LogP contribution is -2.41. The summed E-state index contributed by atoms with van der Waals surface area (Å²) in [4.78, 5) is 4.85. The summed E-state index contributed by atoms with van der Waals surface area (Å²) in [6.45, 7) is 34.0. The smallest absolute Gasteiger partial charge is 0.405 e. The van der Waals surface area contributed by atoms with Crippen LogP contribution in [0.3, 0.4) is 0 Å². The van der Waals surface area contributed by atoms with Gasteiger partial charge in [0.15, 0.2) is 0 Å². The van der Waals surface area contributed by atoms with E-state index in [1.807, 2.05) is 78.1 Å². The standard InChI is InChI=1S/C29H30BNO2S.C23H18BrNS.C12H24B2O4.S4.S3/c1-27(2)20-14-8-10-16-22(20)31(23-17-11-9-15-21(23)27)26-25(19-13-7-12-18-24(19)34-26)30-32-28(3,4)29(5,6)33-30;1-23(2)16-10-4-6-12-18(16)25(19-13-7-5-11-17(19)23)22-21(24)15-9-3-8-14-20(15)26-22;1-9(2)10(3,4)16-13(15-9)14-17-11(5,6)12(7,8)18-14;1-3-4-2;1-3-2/h7-18H,1-6H3;3-14H,1-2H3;1-8H3;;. The van der Waals surface area contributed by atoms with E-state index < -0.39 is 32.3 Å². The van der Waals surface area contributed by atoms with Gasteiger partial charge in [0.25, 0.3) is 0 Å². The lowest BCUT2D eigenvalue weighted by molar-refractivity contribution is 0.00578. The van der Waals surface area contributed by atoms with E-state index >= 15 is 0 Å². The van der Waals surface area contributed by atoms with Crippen LogP contribution in [0.15, 0.2) is 150 Å². The first-order valence-corrected chi connectivity index (χ1v) is 37.2. The molecule has 3 saturated heterocycles. The van der Waals surface area contributed by atoms with E-state index in [-0.39, 0.29) is 33.2 Å². The Morgan fingerprint density at radius 3 is 0.988 bits per heavy atom. The van der Waals surface area contributed by atoms with Crippen molar-refractivity contribution in [3.8, 4) is 0 Å². The van der Waals surface area contributed by atoms with Gasteiger partial charge in [-0.15, -0.1) is 22.7 Å². The van der Waals surface area contributed by atoms with Crippen molar-refractivity contribution < 1.29 is 27.9 Å². The Balaban J connectivity index is 0.000000150. The Kier molecular flexibility index (Phi) is 19.7. The number of benzene rings is 6.